The van der Waals surface area contributed by atoms with Gasteiger partial charge in [0.05, 0.1) is 5.69 Å². The fraction of sp³-hybridized carbons (Fsp3) is 0.375. The van der Waals surface area contributed by atoms with Crippen molar-refractivity contribution < 1.29 is 5.11 Å². The number of aliphatic hydroxyl groups excluding tert-OH is 1. The molecule has 2 aliphatic carbocycles. The molecule has 3 nitrogen and oxygen atoms in total. The number of nitrogens with zero attached hydrogens (tertiary/aromatic N) is 2. The highest BCUT2D eigenvalue weighted by atomic mass is 16.3. The first-order valence-electron chi connectivity index (χ1n) is 9.86. The normalized spacial score (nSPS) is 24.1. The SMILES string of the molecule is Cc1nn(C(c2ccccc2)C(O)c2ccccc2)c2c1C1C(C2)C1(C)C. The van der Waals surface area contributed by atoms with Crippen LogP contribution in [-0.4, -0.2) is 14.9 Å². The summed E-state index contributed by atoms with van der Waals surface area (Å²) in [5, 5.41) is 16.3. The zero-order valence-corrected chi connectivity index (χ0v) is 16.1. The molecule has 4 atom stereocenters. The molecule has 1 saturated carbocycles. The van der Waals surface area contributed by atoms with E-state index < -0.39 is 6.10 Å². The van der Waals surface area contributed by atoms with Crippen molar-refractivity contribution in [3.05, 3.63) is 88.7 Å². The Kier molecular flexibility index (Phi) is 3.60. The third-order valence-corrected chi connectivity index (χ3v) is 6.85. The molecule has 5 rings (SSSR count). The van der Waals surface area contributed by atoms with Crippen LogP contribution in [0.2, 0.25) is 0 Å². The Morgan fingerprint density at radius 1 is 1.00 bits per heavy atom. The monoisotopic (exact) mass is 358 g/mol. The second kappa shape index (κ2) is 5.80. The lowest BCUT2D eigenvalue weighted by Crippen LogP contribution is -2.23. The molecule has 1 N–H and O–H groups in total. The van der Waals surface area contributed by atoms with Crippen molar-refractivity contribution in [1.29, 1.82) is 0 Å². The number of aryl methyl sites for hydroxylation is 1. The predicted molar refractivity (Wildman–Crippen MR) is 107 cm³/mol. The maximum atomic E-state index is 11.3. The summed E-state index contributed by atoms with van der Waals surface area (Å²) in [6, 6.07) is 20.0. The quantitative estimate of drug-likeness (QED) is 0.727. The first-order chi connectivity index (χ1) is 13.0. The van der Waals surface area contributed by atoms with Gasteiger partial charge in [0.1, 0.15) is 12.1 Å². The molecule has 27 heavy (non-hydrogen) atoms. The Morgan fingerprint density at radius 3 is 2.22 bits per heavy atom. The number of fused-ring (bicyclic) bond motifs is 3. The summed E-state index contributed by atoms with van der Waals surface area (Å²) in [5.41, 5.74) is 6.31. The van der Waals surface area contributed by atoms with Crippen LogP contribution in [-0.2, 0) is 6.42 Å². The fourth-order valence-corrected chi connectivity index (χ4v) is 5.29. The predicted octanol–water partition coefficient (Wildman–Crippen LogP) is 4.81. The Hall–Kier alpha value is -2.39. The molecule has 3 aromatic rings. The number of hydrogen-bond acceptors (Lipinski definition) is 2. The van der Waals surface area contributed by atoms with Crippen LogP contribution in [0.1, 0.15) is 60.0 Å². The molecule has 1 aromatic heterocycles. The Morgan fingerprint density at radius 2 is 1.59 bits per heavy atom. The molecule has 3 heteroatoms. The summed E-state index contributed by atoms with van der Waals surface area (Å²) in [6.45, 7) is 6.87. The van der Waals surface area contributed by atoms with Crippen LogP contribution in [0.15, 0.2) is 60.7 Å². The molecule has 0 spiro atoms. The van der Waals surface area contributed by atoms with Gasteiger partial charge in [-0.25, -0.2) is 0 Å². The summed E-state index contributed by atoms with van der Waals surface area (Å²) in [7, 11) is 0. The van der Waals surface area contributed by atoms with Gasteiger partial charge in [0.15, 0.2) is 0 Å². The van der Waals surface area contributed by atoms with Crippen molar-refractivity contribution in [3.63, 3.8) is 0 Å². The third-order valence-electron chi connectivity index (χ3n) is 6.85. The minimum atomic E-state index is -0.637. The highest BCUT2D eigenvalue weighted by Crippen LogP contribution is 2.70. The summed E-state index contributed by atoms with van der Waals surface area (Å²) in [5.74, 6) is 1.35. The minimum absolute atomic E-state index is 0.211. The molecule has 0 amide bonds. The molecule has 0 radical (unpaired) electrons. The molecule has 2 aliphatic rings. The Balaban J connectivity index is 1.63. The largest absolute Gasteiger partial charge is 0.386 e. The zero-order chi connectivity index (χ0) is 18.8. The van der Waals surface area contributed by atoms with Gasteiger partial charge in [-0.3, -0.25) is 4.68 Å². The van der Waals surface area contributed by atoms with Crippen LogP contribution in [0.5, 0.6) is 0 Å². The number of benzene rings is 2. The molecular formula is C24H26N2O. The first-order valence-corrected chi connectivity index (χ1v) is 9.86. The minimum Gasteiger partial charge on any atom is -0.386 e. The van der Waals surface area contributed by atoms with E-state index in [2.05, 4.69) is 37.6 Å². The molecule has 138 valence electrons. The van der Waals surface area contributed by atoms with E-state index in [-0.39, 0.29) is 6.04 Å². The van der Waals surface area contributed by atoms with Crippen molar-refractivity contribution >= 4 is 0 Å². The van der Waals surface area contributed by atoms with Gasteiger partial charge in [-0.2, -0.15) is 5.10 Å². The van der Waals surface area contributed by atoms with Crippen LogP contribution >= 0.6 is 0 Å². The van der Waals surface area contributed by atoms with E-state index in [0.29, 0.717) is 11.3 Å². The molecule has 0 aliphatic heterocycles. The van der Waals surface area contributed by atoms with Crippen LogP contribution < -0.4 is 0 Å². The highest BCUT2D eigenvalue weighted by molar-refractivity contribution is 5.46. The van der Waals surface area contributed by atoms with Crippen molar-refractivity contribution in [2.45, 2.75) is 45.3 Å². The first kappa shape index (κ1) is 16.8. The second-order valence-corrected chi connectivity index (χ2v) is 8.71. The molecule has 2 aromatic carbocycles. The number of hydrogen-bond donors (Lipinski definition) is 1. The summed E-state index contributed by atoms with van der Waals surface area (Å²) in [4.78, 5) is 0. The van der Waals surface area contributed by atoms with Gasteiger partial charge in [-0.1, -0.05) is 74.5 Å². The van der Waals surface area contributed by atoms with Gasteiger partial charge in [0, 0.05) is 11.3 Å². The summed E-state index contributed by atoms with van der Waals surface area (Å²) in [6.07, 6.45) is 0.431. The molecule has 4 unspecified atom stereocenters. The maximum Gasteiger partial charge on any atom is 0.107 e. The van der Waals surface area contributed by atoms with Gasteiger partial charge >= 0.3 is 0 Å². The lowest BCUT2D eigenvalue weighted by atomic mass is 9.94. The van der Waals surface area contributed by atoms with Crippen molar-refractivity contribution in [2.75, 3.05) is 0 Å². The maximum absolute atomic E-state index is 11.3. The van der Waals surface area contributed by atoms with Crippen LogP contribution in [0, 0.1) is 18.3 Å². The van der Waals surface area contributed by atoms with E-state index in [1.165, 1.54) is 11.3 Å². The molecule has 0 saturated heterocycles. The molecule has 0 bridgehead atoms. The summed E-state index contributed by atoms with van der Waals surface area (Å²) < 4.78 is 2.12. The van der Waals surface area contributed by atoms with Crippen LogP contribution in [0.3, 0.4) is 0 Å². The van der Waals surface area contributed by atoms with E-state index in [1.54, 1.807) is 0 Å². The van der Waals surface area contributed by atoms with Crippen LogP contribution in [0.4, 0.5) is 0 Å². The van der Waals surface area contributed by atoms with E-state index in [1.807, 2.05) is 48.5 Å². The number of aromatic nitrogens is 2. The van der Waals surface area contributed by atoms with Gasteiger partial charge < -0.3 is 5.11 Å². The van der Waals surface area contributed by atoms with Gasteiger partial charge in [0.25, 0.3) is 0 Å². The van der Waals surface area contributed by atoms with E-state index >= 15 is 0 Å². The second-order valence-electron chi connectivity index (χ2n) is 8.71. The van der Waals surface area contributed by atoms with Gasteiger partial charge in [-0.05, 0) is 41.7 Å². The summed E-state index contributed by atoms with van der Waals surface area (Å²) >= 11 is 0. The van der Waals surface area contributed by atoms with Crippen molar-refractivity contribution in [1.82, 2.24) is 9.78 Å². The highest BCUT2D eigenvalue weighted by Gasteiger charge is 2.64. The van der Waals surface area contributed by atoms with Crippen molar-refractivity contribution in [3.8, 4) is 0 Å². The zero-order valence-electron chi connectivity index (χ0n) is 16.1. The van der Waals surface area contributed by atoms with E-state index in [4.69, 9.17) is 5.10 Å². The average Bonchev–Trinajstić information content (AvgIpc) is 3.01. The topological polar surface area (TPSA) is 38.0 Å². The Labute approximate surface area is 160 Å². The van der Waals surface area contributed by atoms with Gasteiger partial charge in [0.2, 0.25) is 0 Å². The lowest BCUT2D eigenvalue weighted by Gasteiger charge is -2.26. The van der Waals surface area contributed by atoms with E-state index in [9.17, 15) is 5.11 Å². The molecule has 1 fully saturated rings. The lowest BCUT2D eigenvalue weighted by molar-refractivity contribution is 0.123. The molecule has 1 heterocycles. The fourth-order valence-electron chi connectivity index (χ4n) is 5.29. The number of rotatable bonds is 4. The smallest absolute Gasteiger partial charge is 0.107 e. The third kappa shape index (κ3) is 2.41. The Bertz CT molecular complexity index is 974. The standard InChI is InChI=1S/C24H26N2O/c1-15-20-19(14-18-21(20)24(18,2)3)26(25-15)22(16-10-6-4-7-11-16)23(27)17-12-8-5-9-13-17/h4-13,18,21-23,27H,14H2,1-3H3. The average molecular weight is 358 g/mol. The van der Waals surface area contributed by atoms with Gasteiger partial charge in [-0.15, -0.1) is 0 Å². The van der Waals surface area contributed by atoms with Crippen LogP contribution in [0.25, 0.3) is 0 Å². The molecular weight excluding hydrogens is 332 g/mol. The van der Waals surface area contributed by atoms with Crippen molar-refractivity contribution in [2.24, 2.45) is 11.3 Å². The van der Waals surface area contributed by atoms with E-state index in [0.717, 1.165) is 29.2 Å². The number of aliphatic hydroxyl groups is 1.